The SMILES string of the molecule is CCC(C)C1CCCCN1C(=O)[C@@H](C)N. The number of carbonyl (C=O) groups excluding carboxylic acids is 1. The molecule has 0 aromatic carbocycles. The van der Waals surface area contributed by atoms with Crippen LogP contribution in [0.15, 0.2) is 0 Å². The Bertz CT molecular complexity index is 216. The van der Waals surface area contributed by atoms with Gasteiger partial charge in [-0.05, 0) is 32.1 Å². The van der Waals surface area contributed by atoms with E-state index in [2.05, 4.69) is 13.8 Å². The Morgan fingerprint density at radius 2 is 2.13 bits per heavy atom. The molecule has 0 aromatic heterocycles. The molecule has 0 aromatic rings. The molecular weight excluding hydrogens is 188 g/mol. The maximum absolute atomic E-state index is 11.9. The fourth-order valence-corrected chi connectivity index (χ4v) is 2.36. The van der Waals surface area contributed by atoms with Gasteiger partial charge in [0, 0.05) is 12.6 Å². The Hall–Kier alpha value is -0.570. The lowest BCUT2D eigenvalue weighted by Gasteiger charge is -2.40. The van der Waals surface area contributed by atoms with Gasteiger partial charge >= 0.3 is 0 Å². The lowest BCUT2D eigenvalue weighted by Crippen LogP contribution is -2.51. The van der Waals surface area contributed by atoms with Gasteiger partial charge in [-0.3, -0.25) is 4.79 Å². The molecule has 1 rings (SSSR count). The molecule has 0 aliphatic carbocycles. The van der Waals surface area contributed by atoms with E-state index in [0.29, 0.717) is 12.0 Å². The van der Waals surface area contributed by atoms with Crippen molar-refractivity contribution in [3.8, 4) is 0 Å². The van der Waals surface area contributed by atoms with Crippen molar-refractivity contribution in [3.05, 3.63) is 0 Å². The Kier molecular flexibility index (Phi) is 4.58. The standard InChI is InChI=1S/C12H24N2O/c1-4-9(2)11-7-5-6-8-14(11)12(15)10(3)13/h9-11H,4-8,13H2,1-3H3/t9?,10-,11?/m1/s1. The van der Waals surface area contributed by atoms with E-state index in [4.69, 9.17) is 5.73 Å². The summed E-state index contributed by atoms with van der Waals surface area (Å²) in [6.07, 6.45) is 4.66. The molecule has 2 N–H and O–H groups in total. The molecule has 1 saturated heterocycles. The van der Waals surface area contributed by atoms with Crippen molar-refractivity contribution in [2.24, 2.45) is 11.7 Å². The van der Waals surface area contributed by atoms with Crippen LogP contribution in [0.25, 0.3) is 0 Å². The molecule has 15 heavy (non-hydrogen) atoms. The lowest BCUT2D eigenvalue weighted by molar-refractivity contribution is -0.137. The molecule has 1 aliphatic heterocycles. The van der Waals surface area contributed by atoms with Gasteiger partial charge in [0.15, 0.2) is 0 Å². The summed E-state index contributed by atoms with van der Waals surface area (Å²) >= 11 is 0. The maximum atomic E-state index is 11.9. The topological polar surface area (TPSA) is 46.3 Å². The number of likely N-dealkylation sites (tertiary alicyclic amines) is 1. The van der Waals surface area contributed by atoms with E-state index in [1.165, 1.54) is 6.42 Å². The van der Waals surface area contributed by atoms with Gasteiger partial charge < -0.3 is 10.6 Å². The van der Waals surface area contributed by atoms with Crippen LogP contribution in [0.5, 0.6) is 0 Å². The van der Waals surface area contributed by atoms with E-state index in [1.807, 2.05) is 4.90 Å². The highest BCUT2D eigenvalue weighted by Crippen LogP contribution is 2.25. The second-order valence-corrected chi connectivity index (χ2v) is 4.77. The third kappa shape index (κ3) is 2.94. The van der Waals surface area contributed by atoms with Crippen LogP contribution in [0, 0.1) is 5.92 Å². The zero-order valence-electron chi connectivity index (χ0n) is 10.2. The van der Waals surface area contributed by atoms with Gasteiger partial charge in [-0.25, -0.2) is 0 Å². The summed E-state index contributed by atoms with van der Waals surface area (Å²) in [7, 11) is 0. The monoisotopic (exact) mass is 212 g/mol. The zero-order valence-corrected chi connectivity index (χ0v) is 10.2. The molecule has 3 nitrogen and oxygen atoms in total. The van der Waals surface area contributed by atoms with E-state index >= 15 is 0 Å². The third-order valence-electron chi connectivity index (χ3n) is 3.52. The van der Waals surface area contributed by atoms with E-state index in [0.717, 1.165) is 25.8 Å². The van der Waals surface area contributed by atoms with Gasteiger partial charge in [-0.1, -0.05) is 20.3 Å². The molecule has 0 bridgehead atoms. The van der Waals surface area contributed by atoms with Crippen LogP contribution in [-0.2, 0) is 4.79 Å². The van der Waals surface area contributed by atoms with Gasteiger partial charge in [-0.15, -0.1) is 0 Å². The Morgan fingerprint density at radius 1 is 1.47 bits per heavy atom. The summed E-state index contributed by atoms with van der Waals surface area (Å²) in [6.45, 7) is 7.10. The molecule has 0 radical (unpaired) electrons. The molecular formula is C12H24N2O. The van der Waals surface area contributed by atoms with Crippen LogP contribution < -0.4 is 5.73 Å². The molecule has 3 heteroatoms. The Morgan fingerprint density at radius 3 is 2.67 bits per heavy atom. The van der Waals surface area contributed by atoms with Crippen molar-refractivity contribution in [1.82, 2.24) is 4.90 Å². The number of nitrogens with two attached hydrogens (primary N) is 1. The van der Waals surface area contributed by atoms with E-state index in [9.17, 15) is 4.79 Å². The van der Waals surface area contributed by atoms with Gasteiger partial charge in [-0.2, -0.15) is 0 Å². The molecule has 0 saturated carbocycles. The lowest BCUT2D eigenvalue weighted by atomic mass is 9.89. The van der Waals surface area contributed by atoms with Gasteiger partial charge in [0.05, 0.1) is 6.04 Å². The van der Waals surface area contributed by atoms with Crippen LogP contribution >= 0.6 is 0 Å². The predicted molar refractivity (Wildman–Crippen MR) is 62.5 cm³/mol. The van der Waals surface area contributed by atoms with Crippen LogP contribution in [-0.4, -0.2) is 29.4 Å². The summed E-state index contributed by atoms with van der Waals surface area (Å²) in [5.74, 6) is 0.716. The van der Waals surface area contributed by atoms with Crippen LogP contribution in [0.2, 0.25) is 0 Å². The smallest absolute Gasteiger partial charge is 0.239 e. The van der Waals surface area contributed by atoms with Crippen molar-refractivity contribution < 1.29 is 4.79 Å². The molecule has 1 amide bonds. The number of hydrogen-bond donors (Lipinski definition) is 1. The van der Waals surface area contributed by atoms with Crippen LogP contribution in [0.4, 0.5) is 0 Å². The van der Waals surface area contributed by atoms with Gasteiger partial charge in [0.1, 0.15) is 0 Å². The van der Waals surface area contributed by atoms with Crippen LogP contribution in [0.3, 0.4) is 0 Å². The largest absolute Gasteiger partial charge is 0.338 e. The highest BCUT2D eigenvalue weighted by Gasteiger charge is 2.30. The minimum Gasteiger partial charge on any atom is -0.338 e. The normalized spacial score (nSPS) is 26.1. The van der Waals surface area contributed by atoms with Gasteiger partial charge in [0.25, 0.3) is 0 Å². The molecule has 3 atom stereocenters. The summed E-state index contributed by atoms with van der Waals surface area (Å²) < 4.78 is 0. The predicted octanol–water partition coefficient (Wildman–Crippen LogP) is 1.76. The van der Waals surface area contributed by atoms with E-state index < -0.39 is 0 Å². The summed E-state index contributed by atoms with van der Waals surface area (Å²) in [6, 6.07) is 0.0666. The van der Waals surface area contributed by atoms with E-state index in [1.54, 1.807) is 6.92 Å². The highest BCUT2D eigenvalue weighted by molar-refractivity contribution is 5.81. The average Bonchev–Trinajstić information content (AvgIpc) is 2.27. The van der Waals surface area contributed by atoms with Crippen molar-refractivity contribution in [2.75, 3.05) is 6.54 Å². The molecule has 1 heterocycles. The minimum atomic E-state index is -0.352. The maximum Gasteiger partial charge on any atom is 0.239 e. The van der Waals surface area contributed by atoms with Crippen LogP contribution in [0.1, 0.15) is 46.5 Å². The molecule has 0 spiro atoms. The number of piperidine rings is 1. The van der Waals surface area contributed by atoms with Crippen molar-refractivity contribution in [1.29, 1.82) is 0 Å². The van der Waals surface area contributed by atoms with Crippen molar-refractivity contribution in [2.45, 2.75) is 58.5 Å². The van der Waals surface area contributed by atoms with Crippen molar-refractivity contribution >= 4 is 5.91 Å². The summed E-state index contributed by atoms with van der Waals surface area (Å²) in [4.78, 5) is 13.9. The fraction of sp³-hybridized carbons (Fsp3) is 0.917. The number of nitrogens with zero attached hydrogens (tertiary/aromatic N) is 1. The zero-order chi connectivity index (χ0) is 11.4. The highest BCUT2D eigenvalue weighted by atomic mass is 16.2. The van der Waals surface area contributed by atoms with E-state index in [-0.39, 0.29) is 11.9 Å². The first-order valence-corrected chi connectivity index (χ1v) is 6.14. The Balaban J connectivity index is 2.69. The first-order chi connectivity index (χ1) is 7.07. The first kappa shape index (κ1) is 12.5. The first-order valence-electron chi connectivity index (χ1n) is 6.14. The molecule has 1 aliphatic rings. The number of carbonyl (C=O) groups is 1. The summed E-state index contributed by atoms with van der Waals surface area (Å²) in [5.41, 5.74) is 5.68. The quantitative estimate of drug-likeness (QED) is 0.775. The molecule has 88 valence electrons. The molecule has 2 unspecified atom stereocenters. The number of rotatable bonds is 3. The minimum absolute atomic E-state index is 0.125. The second-order valence-electron chi connectivity index (χ2n) is 4.77. The second kappa shape index (κ2) is 5.50. The molecule has 1 fully saturated rings. The fourth-order valence-electron chi connectivity index (χ4n) is 2.36. The number of amides is 1. The third-order valence-corrected chi connectivity index (χ3v) is 3.52. The van der Waals surface area contributed by atoms with Gasteiger partial charge in [0.2, 0.25) is 5.91 Å². The van der Waals surface area contributed by atoms with Crippen molar-refractivity contribution in [3.63, 3.8) is 0 Å². The Labute approximate surface area is 93.0 Å². The average molecular weight is 212 g/mol. The summed E-state index contributed by atoms with van der Waals surface area (Å²) in [5, 5.41) is 0. The number of hydrogen-bond acceptors (Lipinski definition) is 2.